The molecule has 0 spiro atoms. The molecule has 0 N–H and O–H groups in total. The van der Waals surface area contributed by atoms with Crippen molar-refractivity contribution in [2.24, 2.45) is 0 Å². The molecule has 3 rings (SSSR count). The van der Waals surface area contributed by atoms with Crippen LogP contribution < -0.4 is 10.3 Å². The van der Waals surface area contributed by atoms with Gasteiger partial charge in [0, 0.05) is 25.0 Å². The smallest absolute Gasteiger partial charge is 0.273 e. The average molecular weight is 229 g/mol. The highest BCUT2D eigenvalue weighted by atomic mass is 16.5. The van der Waals surface area contributed by atoms with Gasteiger partial charge in [0.05, 0.1) is 5.52 Å². The van der Waals surface area contributed by atoms with Gasteiger partial charge in [-0.1, -0.05) is 12.2 Å². The van der Waals surface area contributed by atoms with E-state index in [1.54, 1.807) is 16.6 Å². The van der Waals surface area contributed by atoms with Crippen LogP contribution in [0.3, 0.4) is 0 Å². The normalized spacial score (nSPS) is 15.5. The van der Waals surface area contributed by atoms with Crippen LogP contribution in [-0.4, -0.2) is 20.7 Å². The second-order valence-electron chi connectivity index (χ2n) is 3.95. The summed E-state index contributed by atoms with van der Waals surface area (Å²) in [6.07, 6.45) is 7.61. The molecule has 17 heavy (non-hydrogen) atoms. The standard InChI is InChI=1S/C12H11N3O2/c16-11-7-9-5-6-12(14-15(9)8-13-11)17-10-3-1-2-4-10/h1-2,5-8,10H,3-4H2. The Morgan fingerprint density at radius 3 is 2.94 bits per heavy atom. The van der Waals surface area contributed by atoms with E-state index in [9.17, 15) is 4.79 Å². The highest BCUT2D eigenvalue weighted by molar-refractivity contribution is 5.44. The van der Waals surface area contributed by atoms with Crippen molar-refractivity contribution in [3.05, 3.63) is 47.0 Å². The molecule has 0 saturated carbocycles. The van der Waals surface area contributed by atoms with E-state index in [4.69, 9.17) is 4.74 Å². The molecule has 0 aromatic carbocycles. The van der Waals surface area contributed by atoms with E-state index >= 15 is 0 Å². The van der Waals surface area contributed by atoms with Crippen molar-refractivity contribution in [2.75, 3.05) is 0 Å². The van der Waals surface area contributed by atoms with Crippen molar-refractivity contribution < 1.29 is 4.74 Å². The summed E-state index contributed by atoms with van der Waals surface area (Å²) in [5, 5.41) is 4.25. The van der Waals surface area contributed by atoms with Crippen LogP contribution in [0.4, 0.5) is 0 Å². The Labute approximate surface area is 97.4 Å². The van der Waals surface area contributed by atoms with Crippen molar-refractivity contribution in [1.82, 2.24) is 14.6 Å². The summed E-state index contributed by atoms with van der Waals surface area (Å²) >= 11 is 0. The van der Waals surface area contributed by atoms with Crippen molar-refractivity contribution in [3.63, 3.8) is 0 Å². The Hall–Kier alpha value is -2.17. The minimum Gasteiger partial charge on any atom is -0.473 e. The summed E-state index contributed by atoms with van der Waals surface area (Å²) in [6.45, 7) is 0. The van der Waals surface area contributed by atoms with Gasteiger partial charge in [-0.3, -0.25) is 4.79 Å². The molecule has 0 unspecified atom stereocenters. The molecular formula is C12H11N3O2. The van der Waals surface area contributed by atoms with Gasteiger partial charge in [-0.15, -0.1) is 5.10 Å². The Morgan fingerprint density at radius 1 is 1.29 bits per heavy atom. The lowest BCUT2D eigenvalue weighted by molar-refractivity contribution is 0.204. The van der Waals surface area contributed by atoms with Crippen LogP contribution in [0.15, 0.2) is 41.5 Å². The van der Waals surface area contributed by atoms with Crippen LogP contribution >= 0.6 is 0 Å². The third-order valence-electron chi connectivity index (χ3n) is 2.69. The highest BCUT2D eigenvalue weighted by Gasteiger charge is 2.12. The molecule has 0 saturated heterocycles. The Balaban J connectivity index is 1.90. The molecule has 1 aliphatic carbocycles. The molecule has 0 aliphatic heterocycles. The fourth-order valence-corrected chi connectivity index (χ4v) is 1.83. The maximum atomic E-state index is 11.1. The van der Waals surface area contributed by atoms with Crippen molar-refractivity contribution >= 4 is 5.52 Å². The van der Waals surface area contributed by atoms with Crippen LogP contribution in [0.25, 0.3) is 5.52 Å². The fraction of sp³-hybridized carbons (Fsp3) is 0.250. The van der Waals surface area contributed by atoms with Gasteiger partial charge < -0.3 is 4.74 Å². The first kappa shape index (κ1) is 10.0. The molecule has 1 aliphatic rings. The summed E-state index contributed by atoms with van der Waals surface area (Å²) in [6, 6.07) is 5.01. The first-order valence-corrected chi connectivity index (χ1v) is 5.49. The zero-order valence-electron chi connectivity index (χ0n) is 9.11. The minimum atomic E-state index is -0.263. The van der Waals surface area contributed by atoms with Crippen molar-refractivity contribution in [3.8, 4) is 5.88 Å². The van der Waals surface area contributed by atoms with E-state index in [1.807, 2.05) is 0 Å². The number of nitrogens with zero attached hydrogens (tertiary/aromatic N) is 3. The van der Waals surface area contributed by atoms with E-state index in [0.29, 0.717) is 11.4 Å². The lowest BCUT2D eigenvalue weighted by atomic mass is 10.3. The van der Waals surface area contributed by atoms with Gasteiger partial charge in [-0.25, -0.2) is 4.52 Å². The third kappa shape index (κ3) is 2.04. The monoisotopic (exact) mass is 229 g/mol. The Morgan fingerprint density at radius 2 is 2.12 bits per heavy atom. The number of hydrogen-bond donors (Lipinski definition) is 0. The number of aromatic nitrogens is 3. The zero-order chi connectivity index (χ0) is 11.7. The molecule has 0 amide bonds. The van der Waals surface area contributed by atoms with Crippen molar-refractivity contribution in [1.29, 1.82) is 0 Å². The van der Waals surface area contributed by atoms with Gasteiger partial charge >= 0.3 is 0 Å². The number of fused-ring (bicyclic) bond motifs is 1. The lowest BCUT2D eigenvalue weighted by Crippen LogP contribution is -2.14. The molecule has 0 atom stereocenters. The van der Waals surface area contributed by atoms with Crippen LogP contribution in [0.2, 0.25) is 0 Å². The van der Waals surface area contributed by atoms with E-state index in [0.717, 1.165) is 12.8 Å². The molecule has 2 aromatic heterocycles. The summed E-state index contributed by atoms with van der Waals surface area (Å²) in [5.41, 5.74) is 0.447. The summed E-state index contributed by atoms with van der Waals surface area (Å²) in [5.74, 6) is 0.552. The highest BCUT2D eigenvalue weighted by Crippen LogP contribution is 2.17. The molecule has 0 bridgehead atoms. The SMILES string of the molecule is O=c1cc2ccc(OC3CC=CC3)nn2cn1. The van der Waals surface area contributed by atoms with Crippen molar-refractivity contribution in [2.45, 2.75) is 18.9 Å². The molecule has 86 valence electrons. The van der Waals surface area contributed by atoms with Gasteiger partial charge in [-0.2, -0.15) is 4.98 Å². The molecular weight excluding hydrogens is 218 g/mol. The van der Waals surface area contributed by atoms with E-state index < -0.39 is 0 Å². The fourth-order valence-electron chi connectivity index (χ4n) is 1.83. The van der Waals surface area contributed by atoms with Crippen LogP contribution in [0.1, 0.15) is 12.8 Å². The van der Waals surface area contributed by atoms with Crippen LogP contribution in [0, 0.1) is 0 Å². The first-order valence-electron chi connectivity index (χ1n) is 5.49. The number of hydrogen-bond acceptors (Lipinski definition) is 4. The first-order chi connectivity index (χ1) is 8.31. The number of ether oxygens (including phenoxy) is 1. The largest absolute Gasteiger partial charge is 0.473 e. The molecule has 2 aromatic rings. The lowest BCUT2D eigenvalue weighted by Gasteiger charge is -2.12. The summed E-state index contributed by atoms with van der Waals surface area (Å²) in [7, 11) is 0. The second-order valence-corrected chi connectivity index (χ2v) is 3.95. The number of rotatable bonds is 2. The molecule has 2 heterocycles. The summed E-state index contributed by atoms with van der Waals surface area (Å²) < 4.78 is 7.25. The van der Waals surface area contributed by atoms with Gasteiger partial charge in [0.2, 0.25) is 5.88 Å². The zero-order valence-corrected chi connectivity index (χ0v) is 9.11. The van der Waals surface area contributed by atoms with Gasteiger partial charge in [0.25, 0.3) is 5.56 Å². The van der Waals surface area contributed by atoms with Gasteiger partial charge in [0.15, 0.2) is 0 Å². The Bertz CT molecular complexity index is 625. The average Bonchev–Trinajstić information content (AvgIpc) is 2.82. The quantitative estimate of drug-likeness (QED) is 0.726. The maximum Gasteiger partial charge on any atom is 0.273 e. The third-order valence-corrected chi connectivity index (χ3v) is 2.69. The second kappa shape index (κ2) is 4.01. The topological polar surface area (TPSA) is 56.5 Å². The predicted octanol–water partition coefficient (Wildman–Crippen LogP) is 1.19. The molecule has 5 nitrogen and oxygen atoms in total. The molecule has 5 heteroatoms. The van der Waals surface area contributed by atoms with E-state index in [1.165, 1.54) is 12.4 Å². The maximum absolute atomic E-state index is 11.1. The Kier molecular flexibility index (Phi) is 2.36. The van der Waals surface area contributed by atoms with E-state index in [2.05, 4.69) is 22.2 Å². The van der Waals surface area contributed by atoms with Gasteiger partial charge in [-0.05, 0) is 6.07 Å². The predicted molar refractivity (Wildman–Crippen MR) is 62.0 cm³/mol. The molecule has 0 fully saturated rings. The minimum absolute atomic E-state index is 0.173. The van der Waals surface area contributed by atoms with Crippen LogP contribution in [-0.2, 0) is 0 Å². The summed E-state index contributed by atoms with van der Waals surface area (Å²) in [4.78, 5) is 14.7. The van der Waals surface area contributed by atoms with Crippen LogP contribution in [0.5, 0.6) is 5.88 Å². The van der Waals surface area contributed by atoms with Gasteiger partial charge in [0.1, 0.15) is 12.4 Å². The molecule has 0 radical (unpaired) electrons. The van der Waals surface area contributed by atoms with E-state index in [-0.39, 0.29) is 11.7 Å².